The van der Waals surface area contributed by atoms with E-state index < -0.39 is 5.92 Å². The van der Waals surface area contributed by atoms with E-state index in [1.165, 1.54) is 0 Å². The highest BCUT2D eigenvalue weighted by molar-refractivity contribution is 6.13. The number of hydrogen-bond donors (Lipinski definition) is 1. The molecule has 0 saturated carbocycles. The van der Waals surface area contributed by atoms with E-state index in [9.17, 15) is 9.59 Å². The first-order valence-corrected chi connectivity index (χ1v) is 11.6. The second-order valence-corrected chi connectivity index (χ2v) is 9.65. The molecule has 0 amide bonds. The number of benzene rings is 3. The molecule has 0 radical (unpaired) electrons. The SMILES string of the molecule is CC1(C)CC(=O)C2=C(C1)OC(Nc1ccccc1)=C(C(=O)c1ccccc1)C2c1ccccc1. The fourth-order valence-electron chi connectivity index (χ4n) is 4.85. The maximum absolute atomic E-state index is 14.0. The first-order chi connectivity index (χ1) is 16.4. The lowest BCUT2D eigenvalue weighted by Gasteiger charge is -2.39. The van der Waals surface area contributed by atoms with Crippen LogP contribution in [0.3, 0.4) is 0 Å². The van der Waals surface area contributed by atoms with Gasteiger partial charge >= 0.3 is 0 Å². The minimum Gasteiger partial charge on any atom is -0.444 e. The van der Waals surface area contributed by atoms with E-state index in [0.717, 1.165) is 11.3 Å². The van der Waals surface area contributed by atoms with E-state index in [2.05, 4.69) is 19.2 Å². The van der Waals surface area contributed by atoms with Crippen LogP contribution in [0.15, 0.2) is 114 Å². The van der Waals surface area contributed by atoms with E-state index in [1.54, 1.807) is 12.1 Å². The Morgan fingerprint density at radius 1 is 0.853 bits per heavy atom. The lowest BCUT2D eigenvalue weighted by atomic mass is 9.69. The molecule has 1 aliphatic heterocycles. The third kappa shape index (κ3) is 4.19. The highest BCUT2D eigenvalue weighted by Crippen LogP contribution is 2.49. The molecule has 0 fully saturated rings. The number of Topliss-reactive ketones (excluding diaryl/α,β-unsaturated/α-hetero) is 2. The predicted molar refractivity (Wildman–Crippen MR) is 133 cm³/mol. The molecule has 2 aliphatic rings. The standard InChI is InChI=1S/C30H27NO3/c1-30(2)18-23(32)26-24(19-30)34-29(31-22-16-10-5-11-17-22)27(25(26)20-12-6-3-7-13-20)28(33)21-14-8-4-9-15-21/h3-17,25,31H,18-19H2,1-2H3. The van der Waals surface area contributed by atoms with Gasteiger partial charge in [-0.25, -0.2) is 0 Å². The van der Waals surface area contributed by atoms with Crippen molar-refractivity contribution in [3.63, 3.8) is 0 Å². The summed E-state index contributed by atoms with van der Waals surface area (Å²) in [4.78, 5) is 27.5. The van der Waals surface area contributed by atoms with Crippen LogP contribution in [0.2, 0.25) is 0 Å². The molecule has 4 nitrogen and oxygen atoms in total. The maximum atomic E-state index is 14.0. The van der Waals surface area contributed by atoms with E-state index in [4.69, 9.17) is 4.74 Å². The van der Waals surface area contributed by atoms with Crippen molar-refractivity contribution in [2.24, 2.45) is 5.41 Å². The lowest BCUT2D eigenvalue weighted by Crippen LogP contribution is -2.35. The zero-order valence-corrected chi connectivity index (χ0v) is 19.4. The largest absolute Gasteiger partial charge is 0.444 e. The fourth-order valence-corrected chi connectivity index (χ4v) is 4.85. The first-order valence-electron chi connectivity index (χ1n) is 11.6. The molecule has 170 valence electrons. The molecule has 0 bridgehead atoms. The smallest absolute Gasteiger partial charge is 0.205 e. The van der Waals surface area contributed by atoms with Gasteiger partial charge in [0.2, 0.25) is 5.88 Å². The second kappa shape index (κ2) is 8.79. The monoisotopic (exact) mass is 449 g/mol. The van der Waals surface area contributed by atoms with Crippen molar-refractivity contribution in [2.75, 3.05) is 5.32 Å². The Hall–Kier alpha value is -3.92. The molecule has 5 rings (SSSR count). The Kier molecular flexibility index (Phi) is 5.66. The minimum absolute atomic E-state index is 0.0391. The Labute approximate surface area is 200 Å². The van der Waals surface area contributed by atoms with E-state index in [0.29, 0.717) is 41.2 Å². The van der Waals surface area contributed by atoms with E-state index in [-0.39, 0.29) is 17.0 Å². The Morgan fingerprint density at radius 3 is 2.09 bits per heavy atom. The van der Waals surface area contributed by atoms with Crippen LogP contribution in [0.1, 0.15) is 48.5 Å². The van der Waals surface area contributed by atoms with Crippen molar-refractivity contribution in [3.05, 3.63) is 125 Å². The number of hydrogen-bond acceptors (Lipinski definition) is 4. The summed E-state index contributed by atoms with van der Waals surface area (Å²) in [6.07, 6.45) is 1.05. The van der Waals surface area contributed by atoms with Crippen LogP contribution in [0.4, 0.5) is 5.69 Å². The van der Waals surface area contributed by atoms with Crippen molar-refractivity contribution in [1.82, 2.24) is 0 Å². The summed E-state index contributed by atoms with van der Waals surface area (Å²) in [5, 5.41) is 3.35. The van der Waals surface area contributed by atoms with Gasteiger partial charge in [0.25, 0.3) is 0 Å². The van der Waals surface area contributed by atoms with Gasteiger partial charge in [0.05, 0.1) is 11.5 Å². The summed E-state index contributed by atoms with van der Waals surface area (Å²) in [5.74, 6) is 0.415. The van der Waals surface area contributed by atoms with E-state index >= 15 is 0 Å². The average molecular weight is 450 g/mol. The van der Waals surface area contributed by atoms with Gasteiger partial charge in [-0.1, -0.05) is 92.7 Å². The van der Waals surface area contributed by atoms with Gasteiger partial charge in [-0.15, -0.1) is 0 Å². The molecule has 34 heavy (non-hydrogen) atoms. The van der Waals surface area contributed by atoms with E-state index in [1.807, 2.05) is 78.9 Å². The molecule has 1 atom stereocenters. The van der Waals surface area contributed by atoms with Crippen LogP contribution in [-0.4, -0.2) is 11.6 Å². The molecule has 4 heteroatoms. The molecule has 0 aromatic heterocycles. The van der Waals surface area contributed by atoms with Gasteiger partial charge in [0, 0.05) is 29.7 Å². The van der Waals surface area contributed by atoms with Crippen molar-refractivity contribution < 1.29 is 14.3 Å². The Morgan fingerprint density at radius 2 is 1.44 bits per heavy atom. The Balaban J connectivity index is 1.73. The highest BCUT2D eigenvalue weighted by atomic mass is 16.5. The molecular formula is C30H27NO3. The molecule has 3 aromatic rings. The Bertz CT molecular complexity index is 1290. The normalized spacial score (nSPS) is 19.4. The molecule has 1 N–H and O–H groups in total. The number of rotatable bonds is 5. The average Bonchev–Trinajstić information content (AvgIpc) is 2.84. The molecule has 3 aromatic carbocycles. The van der Waals surface area contributed by atoms with Crippen LogP contribution in [-0.2, 0) is 9.53 Å². The van der Waals surface area contributed by atoms with Gasteiger partial charge in [0.1, 0.15) is 5.76 Å². The molecule has 1 heterocycles. The van der Waals surface area contributed by atoms with Crippen LogP contribution in [0.25, 0.3) is 0 Å². The fraction of sp³-hybridized carbons (Fsp3) is 0.200. The van der Waals surface area contributed by atoms with Crippen molar-refractivity contribution in [3.8, 4) is 0 Å². The zero-order chi connectivity index (χ0) is 23.7. The van der Waals surface area contributed by atoms with Gasteiger partial charge in [-0.3, -0.25) is 9.59 Å². The molecule has 0 spiro atoms. The number of carbonyl (C=O) groups is 2. The molecule has 1 unspecified atom stereocenters. The van der Waals surface area contributed by atoms with Crippen molar-refractivity contribution in [1.29, 1.82) is 0 Å². The quantitative estimate of drug-likeness (QED) is 0.443. The number of nitrogens with one attached hydrogen (secondary N) is 1. The van der Waals surface area contributed by atoms with Crippen molar-refractivity contribution >= 4 is 17.3 Å². The van der Waals surface area contributed by atoms with Gasteiger partial charge in [-0.05, 0) is 23.1 Å². The highest BCUT2D eigenvalue weighted by Gasteiger charge is 2.45. The van der Waals surface area contributed by atoms with Crippen molar-refractivity contribution in [2.45, 2.75) is 32.6 Å². The summed E-state index contributed by atoms with van der Waals surface area (Å²) in [6, 6.07) is 28.6. The summed E-state index contributed by atoms with van der Waals surface area (Å²) in [7, 11) is 0. The number of anilines is 1. The number of allylic oxidation sites excluding steroid dienone is 3. The van der Waals surface area contributed by atoms with Gasteiger partial charge in [-0.2, -0.15) is 0 Å². The number of ketones is 2. The topological polar surface area (TPSA) is 55.4 Å². The number of para-hydroxylation sites is 1. The molecule has 1 aliphatic carbocycles. The van der Waals surface area contributed by atoms with Crippen LogP contribution in [0.5, 0.6) is 0 Å². The van der Waals surface area contributed by atoms with Gasteiger partial charge < -0.3 is 10.1 Å². The van der Waals surface area contributed by atoms with Crippen LogP contribution < -0.4 is 5.32 Å². The summed E-state index contributed by atoms with van der Waals surface area (Å²) in [6.45, 7) is 4.16. The third-order valence-corrected chi connectivity index (χ3v) is 6.37. The van der Waals surface area contributed by atoms with Gasteiger partial charge in [0.15, 0.2) is 11.6 Å². The predicted octanol–water partition coefficient (Wildman–Crippen LogP) is 6.65. The number of carbonyl (C=O) groups excluding carboxylic acids is 2. The summed E-state index contributed by atoms with van der Waals surface area (Å²) in [5.41, 5.74) is 3.11. The minimum atomic E-state index is -0.507. The third-order valence-electron chi connectivity index (χ3n) is 6.37. The van der Waals surface area contributed by atoms with Crippen LogP contribution in [0, 0.1) is 5.41 Å². The molecular weight excluding hydrogens is 422 g/mol. The zero-order valence-electron chi connectivity index (χ0n) is 19.4. The molecule has 0 saturated heterocycles. The summed E-state index contributed by atoms with van der Waals surface area (Å²) >= 11 is 0. The first kappa shape index (κ1) is 21.9. The maximum Gasteiger partial charge on any atom is 0.205 e. The summed E-state index contributed by atoms with van der Waals surface area (Å²) < 4.78 is 6.41. The number of ether oxygens (including phenoxy) is 1. The second-order valence-electron chi connectivity index (χ2n) is 9.65. The van der Waals surface area contributed by atoms with Crippen LogP contribution >= 0.6 is 0 Å². The lowest BCUT2D eigenvalue weighted by molar-refractivity contribution is -0.119.